The van der Waals surface area contributed by atoms with Crippen LogP contribution < -0.4 is 10.6 Å². The highest BCUT2D eigenvalue weighted by Crippen LogP contribution is 2.11. The van der Waals surface area contributed by atoms with E-state index in [9.17, 15) is 8.78 Å². The molecule has 0 amide bonds. The second-order valence-electron chi connectivity index (χ2n) is 5.55. The molecule has 0 radical (unpaired) electrons. The number of nitrogens with zero attached hydrogens (tertiary/aromatic N) is 1. The third-order valence-electron chi connectivity index (χ3n) is 3.74. The smallest absolute Gasteiger partial charge is 0.191 e. The minimum atomic E-state index is -0.280. The van der Waals surface area contributed by atoms with Crippen LogP contribution in [0.25, 0.3) is 0 Å². The molecule has 142 valence electrons. The van der Waals surface area contributed by atoms with Gasteiger partial charge in [-0.2, -0.15) is 0 Å². The first kappa shape index (κ1) is 22.3. The predicted octanol–water partition coefficient (Wildman–Crippen LogP) is 3.64. The lowest BCUT2D eigenvalue weighted by Crippen LogP contribution is -2.37. The van der Waals surface area contributed by atoms with Gasteiger partial charge in [0.2, 0.25) is 0 Å². The molecule has 0 saturated heterocycles. The quantitative estimate of drug-likeness (QED) is 0.365. The van der Waals surface area contributed by atoms with Crippen LogP contribution in [-0.4, -0.2) is 26.7 Å². The van der Waals surface area contributed by atoms with E-state index < -0.39 is 0 Å². The Bertz CT molecular complexity index is 726. The van der Waals surface area contributed by atoms with Gasteiger partial charge in [-0.3, -0.25) is 4.99 Å². The van der Waals surface area contributed by atoms with Gasteiger partial charge in [-0.25, -0.2) is 8.78 Å². The summed E-state index contributed by atoms with van der Waals surface area (Å²) in [5.41, 5.74) is 2.10. The highest BCUT2D eigenvalue weighted by atomic mass is 127. The van der Waals surface area contributed by atoms with Crippen LogP contribution in [-0.2, 0) is 24.3 Å². The van der Waals surface area contributed by atoms with Gasteiger partial charge in [0.05, 0.1) is 6.61 Å². The van der Waals surface area contributed by atoms with Gasteiger partial charge < -0.3 is 15.4 Å². The monoisotopic (exact) mass is 475 g/mol. The Morgan fingerprint density at radius 3 is 2.46 bits per heavy atom. The van der Waals surface area contributed by atoms with Gasteiger partial charge in [0.15, 0.2) is 5.96 Å². The van der Waals surface area contributed by atoms with Gasteiger partial charge in [0, 0.05) is 32.8 Å². The van der Waals surface area contributed by atoms with E-state index in [0.29, 0.717) is 36.6 Å². The Balaban J connectivity index is 0.00000338. The number of aliphatic imine (C=N–C) groups is 1. The van der Waals surface area contributed by atoms with E-state index in [0.717, 1.165) is 5.56 Å². The number of guanidine groups is 1. The average Bonchev–Trinajstić information content (AvgIpc) is 2.62. The molecular weight excluding hydrogens is 451 g/mol. The molecule has 2 aromatic carbocycles. The second kappa shape index (κ2) is 11.8. The molecular formula is C19H24F2IN3O. The molecule has 4 nitrogen and oxygen atoms in total. The van der Waals surface area contributed by atoms with Crippen molar-refractivity contribution in [1.82, 2.24) is 10.6 Å². The van der Waals surface area contributed by atoms with Crippen LogP contribution in [0.3, 0.4) is 0 Å². The molecule has 2 rings (SSSR count). The SMILES string of the molecule is CN=C(NCCc1ccccc1F)NCc1ccc(F)c(COC)c1.I. The maximum absolute atomic E-state index is 13.6. The van der Waals surface area contributed by atoms with Crippen molar-refractivity contribution in [3.05, 3.63) is 70.8 Å². The van der Waals surface area contributed by atoms with Crippen LogP contribution in [0.5, 0.6) is 0 Å². The molecule has 0 aromatic heterocycles. The molecule has 2 N–H and O–H groups in total. The van der Waals surface area contributed by atoms with E-state index in [1.165, 1.54) is 19.2 Å². The van der Waals surface area contributed by atoms with Crippen molar-refractivity contribution in [3.63, 3.8) is 0 Å². The number of ether oxygens (including phenoxy) is 1. The lowest BCUT2D eigenvalue weighted by molar-refractivity contribution is 0.181. The highest BCUT2D eigenvalue weighted by molar-refractivity contribution is 14.0. The van der Waals surface area contributed by atoms with Crippen molar-refractivity contribution in [2.75, 3.05) is 20.7 Å². The maximum atomic E-state index is 13.6. The van der Waals surface area contributed by atoms with Crippen molar-refractivity contribution >= 4 is 29.9 Å². The largest absolute Gasteiger partial charge is 0.380 e. The molecule has 26 heavy (non-hydrogen) atoms. The zero-order chi connectivity index (χ0) is 18.1. The minimum absolute atomic E-state index is 0. The second-order valence-corrected chi connectivity index (χ2v) is 5.55. The molecule has 0 heterocycles. The van der Waals surface area contributed by atoms with E-state index in [-0.39, 0.29) is 42.2 Å². The first-order valence-corrected chi connectivity index (χ1v) is 8.08. The van der Waals surface area contributed by atoms with Crippen molar-refractivity contribution in [1.29, 1.82) is 0 Å². The molecule has 0 aliphatic heterocycles. The first-order chi connectivity index (χ1) is 12.1. The molecule has 0 bridgehead atoms. The number of benzene rings is 2. The van der Waals surface area contributed by atoms with E-state index in [1.807, 2.05) is 6.07 Å². The molecule has 0 aliphatic carbocycles. The van der Waals surface area contributed by atoms with Crippen molar-refractivity contribution in [3.8, 4) is 0 Å². The Morgan fingerprint density at radius 2 is 1.77 bits per heavy atom. The van der Waals surface area contributed by atoms with E-state index in [1.54, 1.807) is 31.3 Å². The summed E-state index contributed by atoms with van der Waals surface area (Å²) in [6.45, 7) is 1.28. The van der Waals surface area contributed by atoms with Crippen molar-refractivity contribution < 1.29 is 13.5 Å². The summed E-state index contributed by atoms with van der Waals surface area (Å²) in [7, 11) is 3.20. The van der Waals surface area contributed by atoms with Gasteiger partial charge in [-0.05, 0) is 35.7 Å². The summed E-state index contributed by atoms with van der Waals surface area (Å²) in [6, 6.07) is 11.6. The average molecular weight is 475 g/mol. The molecule has 0 aliphatic rings. The summed E-state index contributed by atoms with van der Waals surface area (Å²) in [4.78, 5) is 4.13. The number of halogens is 3. The Hall–Kier alpha value is -1.74. The topological polar surface area (TPSA) is 45.7 Å². The van der Waals surface area contributed by atoms with Gasteiger partial charge >= 0.3 is 0 Å². The summed E-state index contributed by atoms with van der Waals surface area (Å²) in [6.07, 6.45) is 0.557. The van der Waals surface area contributed by atoms with Gasteiger partial charge in [0.25, 0.3) is 0 Å². The van der Waals surface area contributed by atoms with E-state index >= 15 is 0 Å². The van der Waals surface area contributed by atoms with Crippen molar-refractivity contribution in [2.24, 2.45) is 4.99 Å². The Morgan fingerprint density at radius 1 is 1.04 bits per heavy atom. The zero-order valence-electron chi connectivity index (χ0n) is 14.9. The Labute approximate surface area is 170 Å². The fourth-order valence-electron chi connectivity index (χ4n) is 2.43. The summed E-state index contributed by atoms with van der Waals surface area (Å²) in [5.74, 6) is 0.121. The molecule has 0 unspecified atom stereocenters. The Kier molecular flexibility index (Phi) is 10.1. The molecule has 0 spiro atoms. The third kappa shape index (κ3) is 6.87. The number of nitrogens with one attached hydrogen (secondary N) is 2. The molecule has 2 aromatic rings. The van der Waals surface area contributed by atoms with Crippen LogP contribution in [0.4, 0.5) is 8.78 Å². The predicted molar refractivity (Wildman–Crippen MR) is 111 cm³/mol. The minimum Gasteiger partial charge on any atom is -0.380 e. The van der Waals surface area contributed by atoms with Crippen molar-refractivity contribution in [2.45, 2.75) is 19.6 Å². The number of hydrogen-bond donors (Lipinski definition) is 2. The molecule has 7 heteroatoms. The number of methoxy groups -OCH3 is 1. The fraction of sp³-hybridized carbons (Fsp3) is 0.316. The lowest BCUT2D eigenvalue weighted by Gasteiger charge is -2.13. The van der Waals surface area contributed by atoms with E-state index in [4.69, 9.17) is 4.74 Å². The van der Waals surface area contributed by atoms with E-state index in [2.05, 4.69) is 15.6 Å². The number of hydrogen-bond acceptors (Lipinski definition) is 2. The summed E-state index contributed by atoms with van der Waals surface area (Å²) >= 11 is 0. The van der Waals surface area contributed by atoms with Crippen LogP contribution in [0.1, 0.15) is 16.7 Å². The first-order valence-electron chi connectivity index (χ1n) is 8.08. The van der Waals surface area contributed by atoms with Gasteiger partial charge in [-0.15, -0.1) is 24.0 Å². The van der Waals surface area contributed by atoms with Crippen LogP contribution >= 0.6 is 24.0 Å². The fourth-order valence-corrected chi connectivity index (χ4v) is 2.43. The summed E-state index contributed by atoms with van der Waals surface area (Å²) < 4.78 is 32.2. The molecule has 0 atom stereocenters. The summed E-state index contributed by atoms with van der Waals surface area (Å²) in [5, 5.41) is 6.30. The maximum Gasteiger partial charge on any atom is 0.191 e. The van der Waals surface area contributed by atoms with Crippen LogP contribution in [0, 0.1) is 11.6 Å². The zero-order valence-corrected chi connectivity index (χ0v) is 17.2. The van der Waals surface area contributed by atoms with Crippen LogP contribution in [0.2, 0.25) is 0 Å². The number of rotatable bonds is 7. The molecule has 0 saturated carbocycles. The molecule has 0 fully saturated rings. The van der Waals surface area contributed by atoms with Gasteiger partial charge in [0.1, 0.15) is 11.6 Å². The van der Waals surface area contributed by atoms with Crippen LogP contribution in [0.15, 0.2) is 47.5 Å². The third-order valence-corrected chi connectivity index (χ3v) is 3.74. The highest BCUT2D eigenvalue weighted by Gasteiger charge is 2.05. The van der Waals surface area contributed by atoms with Gasteiger partial charge in [-0.1, -0.05) is 24.3 Å². The normalized spacial score (nSPS) is 11.0. The standard InChI is InChI=1S/C19H23F2N3O.HI/c1-22-19(23-10-9-15-5-3-4-6-17(15)20)24-12-14-7-8-18(21)16(11-14)13-25-2;/h3-8,11H,9-10,12-13H2,1-2H3,(H2,22,23,24);1H. The lowest BCUT2D eigenvalue weighted by atomic mass is 10.1.